The van der Waals surface area contributed by atoms with Crippen LogP contribution in [0, 0.1) is 5.82 Å². The maximum absolute atomic E-state index is 13.8. The highest BCUT2D eigenvalue weighted by Gasteiger charge is 2.28. The van der Waals surface area contributed by atoms with E-state index in [4.69, 9.17) is 0 Å². The first-order valence-electron chi connectivity index (χ1n) is 8.23. The molecule has 0 spiro atoms. The van der Waals surface area contributed by atoms with Crippen LogP contribution in [-0.2, 0) is 22.9 Å². The molecule has 1 aliphatic carbocycles. The van der Waals surface area contributed by atoms with Gasteiger partial charge in [0.05, 0.1) is 5.25 Å². The third-order valence-electron chi connectivity index (χ3n) is 4.56. The van der Waals surface area contributed by atoms with Gasteiger partial charge >= 0.3 is 0 Å². The average Bonchev–Trinajstić information content (AvgIpc) is 2.91. The first-order valence-corrected chi connectivity index (χ1v) is 9.77. The molecular formula is C19H22FNO2S. The molecule has 1 aliphatic rings. The van der Waals surface area contributed by atoms with E-state index in [2.05, 4.69) is 10.8 Å². The fraction of sp³-hybridized carbons (Fsp3) is 0.368. The van der Waals surface area contributed by atoms with E-state index in [1.807, 2.05) is 18.2 Å². The average molecular weight is 347 g/mol. The molecule has 1 atom stereocenters. The van der Waals surface area contributed by atoms with Gasteiger partial charge in [0.1, 0.15) is 5.82 Å². The smallest absolute Gasteiger partial charge is 0.212 e. The van der Waals surface area contributed by atoms with Crippen molar-refractivity contribution in [1.82, 2.24) is 4.72 Å². The molecule has 0 fully saturated rings. The van der Waals surface area contributed by atoms with E-state index in [9.17, 15) is 12.8 Å². The fourth-order valence-corrected chi connectivity index (χ4v) is 4.01. The van der Waals surface area contributed by atoms with Crippen LogP contribution < -0.4 is 4.72 Å². The third-order valence-corrected chi connectivity index (χ3v) is 6.42. The Bertz CT molecular complexity index is 846. The van der Waals surface area contributed by atoms with Crippen LogP contribution in [0.3, 0.4) is 0 Å². The van der Waals surface area contributed by atoms with Gasteiger partial charge in [0.15, 0.2) is 0 Å². The van der Waals surface area contributed by atoms with Gasteiger partial charge in [0, 0.05) is 12.5 Å². The Balaban J connectivity index is 1.80. The molecule has 5 heteroatoms. The Morgan fingerprint density at radius 3 is 2.67 bits per heavy atom. The van der Waals surface area contributed by atoms with E-state index in [0.717, 1.165) is 29.5 Å². The Morgan fingerprint density at radius 2 is 1.96 bits per heavy atom. The molecule has 0 saturated carbocycles. The summed E-state index contributed by atoms with van der Waals surface area (Å²) < 4.78 is 40.8. The monoisotopic (exact) mass is 347 g/mol. The van der Waals surface area contributed by atoms with Crippen LogP contribution in [0.4, 0.5) is 4.39 Å². The van der Waals surface area contributed by atoms with Crippen LogP contribution in [0.1, 0.15) is 48.6 Å². The van der Waals surface area contributed by atoms with Gasteiger partial charge in [-0.05, 0) is 55.0 Å². The number of fused-ring (bicyclic) bond motifs is 1. The Labute approximate surface area is 143 Å². The zero-order valence-corrected chi connectivity index (χ0v) is 14.7. The van der Waals surface area contributed by atoms with Gasteiger partial charge in [-0.2, -0.15) is 0 Å². The minimum atomic E-state index is -3.29. The van der Waals surface area contributed by atoms with Crippen molar-refractivity contribution >= 4 is 10.0 Å². The summed E-state index contributed by atoms with van der Waals surface area (Å²) in [5, 5.41) is -0.443. The molecule has 2 aromatic carbocycles. The van der Waals surface area contributed by atoms with E-state index in [1.54, 1.807) is 26.0 Å². The first-order chi connectivity index (χ1) is 11.4. The number of benzene rings is 2. The normalized spacial score (nSPS) is 17.2. The Hall–Kier alpha value is -1.72. The minimum Gasteiger partial charge on any atom is -0.212 e. The maximum Gasteiger partial charge on any atom is 0.214 e. The van der Waals surface area contributed by atoms with E-state index in [-0.39, 0.29) is 11.9 Å². The van der Waals surface area contributed by atoms with E-state index >= 15 is 0 Å². The molecule has 0 radical (unpaired) electrons. The van der Waals surface area contributed by atoms with Gasteiger partial charge in [-0.3, -0.25) is 0 Å². The molecule has 128 valence electrons. The van der Waals surface area contributed by atoms with Crippen molar-refractivity contribution < 1.29 is 12.8 Å². The molecule has 0 amide bonds. The van der Waals surface area contributed by atoms with Gasteiger partial charge in [-0.15, -0.1) is 0 Å². The fourth-order valence-electron chi connectivity index (χ4n) is 3.10. The summed E-state index contributed by atoms with van der Waals surface area (Å²) in [5.74, 6) is -0.194. The van der Waals surface area contributed by atoms with Crippen LogP contribution in [0.25, 0.3) is 0 Å². The number of rotatable bonds is 5. The number of nitrogens with one attached hydrogen (secondary N) is 1. The Morgan fingerprint density at radius 1 is 1.21 bits per heavy atom. The van der Waals surface area contributed by atoms with E-state index in [1.165, 1.54) is 6.07 Å². The van der Waals surface area contributed by atoms with Gasteiger partial charge < -0.3 is 0 Å². The Kier molecular flexibility index (Phi) is 4.74. The highest BCUT2D eigenvalue weighted by Crippen LogP contribution is 2.33. The van der Waals surface area contributed by atoms with Crippen molar-refractivity contribution in [3.63, 3.8) is 0 Å². The predicted molar refractivity (Wildman–Crippen MR) is 93.9 cm³/mol. The summed E-state index contributed by atoms with van der Waals surface area (Å²) >= 11 is 0. The van der Waals surface area contributed by atoms with Crippen molar-refractivity contribution in [2.75, 3.05) is 0 Å². The zero-order valence-electron chi connectivity index (χ0n) is 13.9. The highest BCUT2D eigenvalue weighted by atomic mass is 32.2. The van der Waals surface area contributed by atoms with E-state index in [0.29, 0.717) is 12.0 Å². The van der Waals surface area contributed by atoms with Crippen LogP contribution in [0.15, 0.2) is 42.5 Å². The van der Waals surface area contributed by atoms with Crippen molar-refractivity contribution in [3.05, 3.63) is 70.5 Å². The molecule has 1 N–H and O–H groups in total. The molecular weight excluding hydrogens is 325 g/mol. The second-order valence-corrected chi connectivity index (χ2v) is 8.87. The topological polar surface area (TPSA) is 46.2 Å². The number of halogens is 1. The second-order valence-electron chi connectivity index (χ2n) is 6.60. The molecule has 0 heterocycles. The predicted octanol–water partition coefficient (Wildman–Crippen LogP) is 3.73. The van der Waals surface area contributed by atoms with Gasteiger partial charge in [0.2, 0.25) is 10.0 Å². The molecule has 3 nitrogen and oxygen atoms in total. The lowest BCUT2D eigenvalue weighted by Crippen LogP contribution is -2.33. The van der Waals surface area contributed by atoms with Crippen molar-refractivity contribution in [3.8, 4) is 0 Å². The number of hydrogen-bond donors (Lipinski definition) is 1. The lowest BCUT2D eigenvalue weighted by Gasteiger charge is -2.16. The molecule has 3 rings (SSSR count). The molecule has 1 unspecified atom stereocenters. The van der Waals surface area contributed by atoms with E-state index < -0.39 is 15.3 Å². The molecule has 0 aromatic heterocycles. The summed E-state index contributed by atoms with van der Waals surface area (Å²) in [5.41, 5.74) is 3.91. The largest absolute Gasteiger partial charge is 0.214 e. The summed E-state index contributed by atoms with van der Waals surface area (Å²) in [6.07, 6.45) is 2.15. The van der Waals surface area contributed by atoms with Crippen molar-refractivity contribution in [2.24, 2.45) is 0 Å². The molecule has 2 aromatic rings. The molecule has 0 aliphatic heterocycles. The van der Waals surface area contributed by atoms with Crippen molar-refractivity contribution in [1.29, 1.82) is 0 Å². The molecule has 24 heavy (non-hydrogen) atoms. The SMILES string of the molecule is CC(C)S(=O)(=O)NC1CCc2cc(Cc3ccccc3F)ccc21. The van der Waals surface area contributed by atoms with Crippen LogP contribution in [0.5, 0.6) is 0 Å². The van der Waals surface area contributed by atoms with Crippen molar-refractivity contribution in [2.45, 2.75) is 44.4 Å². The first kappa shape index (κ1) is 17.1. The lowest BCUT2D eigenvalue weighted by molar-refractivity contribution is 0.546. The van der Waals surface area contributed by atoms with Crippen LogP contribution >= 0.6 is 0 Å². The minimum absolute atomic E-state index is 0.157. The second kappa shape index (κ2) is 6.65. The highest BCUT2D eigenvalue weighted by molar-refractivity contribution is 7.90. The standard InChI is InChI=1S/C19H22FNO2S/c1-13(2)24(22,23)21-19-10-8-15-11-14(7-9-17(15)19)12-16-5-3-4-6-18(16)20/h3-7,9,11,13,19,21H,8,10,12H2,1-2H3. The summed E-state index contributed by atoms with van der Waals surface area (Å²) in [4.78, 5) is 0. The van der Waals surface area contributed by atoms with Gasteiger partial charge in [-0.1, -0.05) is 36.4 Å². The number of aryl methyl sites for hydroxylation is 1. The lowest BCUT2D eigenvalue weighted by atomic mass is 10.00. The van der Waals surface area contributed by atoms with Gasteiger partial charge in [-0.25, -0.2) is 17.5 Å². The zero-order chi connectivity index (χ0) is 17.3. The molecule has 0 bridgehead atoms. The molecule has 0 saturated heterocycles. The quantitative estimate of drug-likeness (QED) is 0.896. The number of sulfonamides is 1. The maximum atomic E-state index is 13.8. The van der Waals surface area contributed by atoms with Crippen LogP contribution in [0.2, 0.25) is 0 Å². The van der Waals surface area contributed by atoms with Gasteiger partial charge in [0.25, 0.3) is 0 Å². The summed E-state index contributed by atoms with van der Waals surface area (Å²) in [7, 11) is -3.29. The third kappa shape index (κ3) is 3.52. The van der Waals surface area contributed by atoms with Crippen LogP contribution in [-0.4, -0.2) is 13.7 Å². The summed E-state index contributed by atoms with van der Waals surface area (Å²) in [6.45, 7) is 3.35. The number of hydrogen-bond acceptors (Lipinski definition) is 2. The summed E-state index contributed by atoms with van der Waals surface area (Å²) in [6, 6.07) is 12.6.